The van der Waals surface area contributed by atoms with Crippen molar-refractivity contribution >= 4 is 11.6 Å². The number of fused-ring (bicyclic) bond motifs is 3. The Balaban J connectivity index is 1.05. The fourth-order valence-corrected chi connectivity index (χ4v) is 8.15. The third kappa shape index (κ3) is 4.21. The number of carbonyl (C=O) groups is 1. The van der Waals surface area contributed by atoms with Crippen LogP contribution in [-0.4, -0.2) is 38.5 Å². The van der Waals surface area contributed by atoms with Crippen molar-refractivity contribution in [3.63, 3.8) is 0 Å². The average Bonchev–Trinajstić information content (AvgIpc) is 3.44. The van der Waals surface area contributed by atoms with Crippen LogP contribution in [0.1, 0.15) is 107 Å². The summed E-state index contributed by atoms with van der Waals surface area (Å²) in [6.07, 6.45) is 5.91. The van der Waals surface area contributed by atoms with Crippen LogP contribution in [-0.2, 0) is 10.2 Å². The van der Waals surface area contributed by atoms with E-state index in [4.69, 9.17) is 8.94 Å². The van der Waals surface area contributed by atoms with E-state index in [-0.39, 0.29) is 22.2 Å². The van der Waals surface area contributed by atoms with Crippen molar-refractivity contribution < 1.29 is 26.9 Å². The molecule has 8 nitrogen and oxygen atoms in total. The molecule has 2 aromatic heterocycles. The lowest BCUT2D eigenvalue weighted by Gasteiger charge is -2.66. The Kier molecular flexibility index (Phi) is 5.37. The molecule has 0 spiro atoms. The van der Waals surface area contributed by atoms with Crippen LogP contribution in [0.15, 0.2) is 33.2 Å². The zero-order valence-electron chi connectivity index (χ0n) is 22.8. The molecule has 7 fully saturated rings. The summed E-state index contributed by atoms with van der Waals surface area (Å²) in [7, 11) is 0. The minimum atomic E-state index is -2.78. The Labute approximate surface area is 235 Å². The number of aromatic nitrogens is 4. The molecule has 2 heterocycles. The van der Waals surface area contributed by atoms with Gasteiger partial charge in [-0.3, -0.25) is 4.79 Å². The van der Waals surface area contributed by atoms with Gasteiger partial charge in [-0.25, -0.2) is 4.39 Å². The van der Waals surface area contributed by atoms with Gasteiger partial charge in [-0.15, -0.1) is 10.2 Å². The van der Waals surface area contributed by atoms with Gasteiger partial charge in [-0.2, -0.15) is 13.8 Å². The Morgan fingerprint density at radius 1 is 1.02 bits per heavy atom. The van der Waals surface area contributed by atoms with E-state index in [0.717, 1.165) is 62.6 Å². The molecule has 7 aliphatic rings. The summed E-state index contributed by atoms with van der Waals surface area (Å²) in [5, 5.41) is 12.4. The number of halogens is 3. The van der Waals surface area contributed by atoms with Crippen LogP contribution in [0.4, 0.5) is 18.9 Å². The molecule has 3 aromatic rings. The van der Waals surface area contributed by atoms with Crippen LogP contribution in [0.3, 0.4) is 0 Å². The Morgan fingerprint density at radius 3 is 2.39 bits per heavy atom. The number of amides is 1. The minimum absolute atomic E-state index is 0.0182. The normalized spacial score (nSPS) is 33.5. The molecule has 0 atom stereocenters. The van der Waals surface area contributed by atoms with Crippen molar-refractivity contribution in [1.82, 2.24) is 20.3 Å². The van der Waals surface area contributed by atoms with Crippen molar-refractivity contribution in [2.75, 3.05) is 11.4 Å². The van der Waals surface area contributed by atoms with Gasteiger partial charge >= 0.3 is 6.43 Å². The monoisotopic (exact) mass is 567 g/mol. The average molecular weight is 568 g/mol. The van der Waals surface area contributed by atoms with E-state index in [1.54, 1.807) is 0 Å². The second kappa shape index (κ2) is 8.64. The molecular weight excluding hydrogens is 535 g/mol. The van der Waals surface area contributed by atoms with Crippen molar-refractivity contribution in [2.45, 2.75) is 100 Å². The summed E-state index contributed by atoms with van der Waals surface area (Å²) >= 11 is 0. The summed E-state index contributed by atoms with van der Waals surface area (Å²) in [6.45, 7) is 0.550. The van der Waals surface area contributed by atoms with Crippen molar-refractivity contribution in [3.8, 4) is 11.5 Å². The summed E-state index contributed by atoms with van der Waals surface area (Å²) in [4.78, 5) is 19.9. The molecule has 0 aliphatic heterocycles. The fourth-order valence-electron chi connectivity index (χ4n) is 8.15. The number of hydrogen-bond acceptors (Lipinski definition) is 7. The molecule has 0 unspecified atom stereocenters. The van der Waals surface area contributed by atoms with Crippen LogP contribution >= 0.6 is 0 Å². The van der Waals surface area contributed by atoms with E-state index in [0.29, 0.717) is 55.8 Å². The topological polar surface area (TPSA) is 98.2 Å². The molecule has 7 aliphatic carbocycles. The molecule has 4 bridgehead atoms. The van der Waals surface area contributed by atoms with E-state index in [2.05, 4.69) is 20.3 Å². The first-order valence-electron chi connectivity index (χ1n) is 14.7. The van der Waals surface area contributed by atoms with Crippen LogP contribution in [0.5, 0.6) is 0 Å². The molecule has 11 heteroatoms. The first-order valence-corrected chi connectivity index (χ1v) is 14.7. The largest absolute Gasteiger partial charge is 0.420 e. The van der Waals surface area contributed by atoms with Crippen LogP contribution in [0, 0.1) is 10.8 Å². The summed E-state index contributed by atoms with van der Waals surface area (Å²) in [6, 6.07) is 7.70. The van der Waals surface area contributed by atoms with Gasteiger partial charge in [0.1, 0.15) is 5.67 Å². The third-order valence-electron chi connectivity index (χ3n) is 10.7. The maximum Gasteiger partial charge on any atom is 0.315 e. The SMILES string of the molecule is O=C(CC12CC(F)(C1)C2)N(CC12CCC(c3noc(C(F)F)n3)(CC1)CC2)c1cccc(-c2nnc(C3CC3)o2)c1. The Hall–Kier alpha value is -3.24. The van der Waals surface area contributed by atoms with E-state index >= 15 is 0 Å². The second-order valence-corrected chi connectivity index (χ2v) is 13.6. The van der Waals surface area contributed by atoms with Gasteiger partial charge in [0.05, 0.1) is 0 Å². The van der Waals surface area contributed by atoms with Gasteiger partial charge in [0.2, 0.25) is 17.7 Å². The standard InChI is InChI=1S/C30H32F3N5O3/c31-22(32)25-34-26(37-41-25)29-9-6-27(7-10-29,8-11-29)17-38(21(39)13-28-14-30(33,15-28)16-28)20-3-1-2-19(12-20)24-36-35-23(40-24)18-4-5-18/h1-3,12,18,22H,4-11,13-17H2. The van der Waals surface area contributed by atoms with E-state index in [1.807, 2.05) is 29.2 Å². The number of nitrogens with zero attached hydrogens (tertiary/aromatic N) is 5. The lowest BCUT2D eigenvalue weighted by molar-refractivity contribution is -0.215. The highest BCUT2D eigenvalue weighted by Gasteiger charge is 2.69. The first-order chi connectivity index (χ1) is 19.7. The first kappa shape index (κ1) is 25.5. The van der Waals surface area contributed by atoms with Gasteiger partial charge in [-0.1, -0.05) is 11.2 Å². The van der Waals surface area contributed by atoms with Crippen molar-refractivity contribution in [3.05, 3.63) is 41.9 Å². The molecule has 1 amide bonds. The van der Waals surface area contributed by atoms with Crippen LogP contribution in [0.25, 0.3) is 11.5 Å². The summed E-state index contributed by atoms with van der Waals surface area (Å²) < 4.78 is 51.3. The lowest BCUT2D eigenvalue weighted by atomic mass is 9.41. The molecule has 7 saturated carbocycles. The Morgan fingerprint density at radius 2 is 1.76 bits per heavy atom. The van der Waals surface area contributed by atoms with Crippen molar-refractivity contribution in [2.24, 2.45) is 10.8 Å². The van der Waals surface area contributed by atoms with E-state index in [9.17, 15) is 18.0 Å². The molecular formula is C30H32F3N5O3. The predicted molar refractivity (Wildman–Crippen MR) is 140 cm³/mol. The van der Waals surface area contributed by atoms with Crippen LogP contribution in [0.2, 0.25) is 0 Å². The lowest BCUT2D eigenvalue weighted by Crippen LogP contribution is -2.65. The fraction of sp³-hybridized carbons (Fsp3) is 0.633. The molecule has 41 heavy (non-hydrogen) atoms. The number of hydrogen-bond donors (Lipinski definition) is 0. The van der Waals surface area contributed by atoms with Crippen molar-refractivity contribution in [1.29, 1.82) is 0 Å². The number of alkyl halides is 3. The summed E-state index contributed by atoms with van der Waals surface area (Å²) in [5.41, 5.74) is -0.185. The maximum absolute atomic E-state index is 14.3. The summed E-state index contributed by atoms with van der Waals surface area (Å²) in [5.74, 6) is 1.24. The smallest absolute Gasteiger partial charge is 0.315 e. The highest BCUT2D eigenvalue weighted by atomic mass is 19.3. The predicted octanol–water partition coefficient (Wildman–Crippen LogP) is 6.84. The highest BCUT2D eigenvalue weighted by molar-refractivity contribution is 5.94. The number of carbonyl (C=O) groups excluding carboxylic acids is 1. The number of benzene rings is 1. The second-order valence-electron chi connectivity index (χ2n) is 13.6. The van der Waals surface area contributed by atoms with E-state index < -0.39 is 18.0 Å². The number of rotatable bonds is 9. The van der Waals surface area contributed by atoms with Gasteiger partial charge in [-0.05, 0) is 99.7 Å². The molecule has 0 radical (unpaired) electrons. The maximum atomic E-state index is 14.3. The number of anilines is 1. The molecule has 0 saturated heterocycles. The minimum Gasteiger partial charge on any atom is -0.420 e. The molecule has 0 N–H and O–H groups in total. The van der Waals surface area contributed by atoms with Gasteiger partial charge < -0.3 is 13.8 Å². The van der Waals surface area contributed by atoms with Gasteiger partial charge in [0.25, 0.3) is 5.89 Å². The van der Waals surface area contributed by atoms with Crippen LogP contribution < -0.4 is 4.90 Å². The zero-order chi connectivity index (χ0) is 28.0. The van der Waals surface area contributed by atoms with Gasteiger partial charge in [0.15, 0.2) is 5.82 Å². The highest BCUT2D eigenvalue weighted by Crippen LogP contribution is 2.71. The molecule has 10 rings (SSSR count). The van der Waals surface area contributed by atoms with Gasteiger partial charge in [0, 0.05) is 35.5 Å². The quantitative estimate of drug-likeness (QED) is 0.279. The molecule has 216 valence electrons. The molecule has 1 aromatic carbocycles. The third-order valence-corrected chi connectivity index (χ3v) is 10.7. The van der Waals surface area contributed by atoms with E-state index in [1.165, 1.54) is 0 Å². The Bertz CT molecular complexity index is 1470. The zero-order valence-corrected chi connectivity index (χ0v) is 22.8.